The Morgan fingerprint density at radius 2 is 1.68 bits per heavy atom. The summed E-state index contributed by atoms with van der Waals surface area (Å²) in [6.07, 6.45) is 2.97. The summed E-state index contributed by atoms with van der Waals surface area (Å²) in [7, 11) is 0. The molecule has 0 aliphatic carbocycles. The van der Waals surface area contributed by atoms with Crippen LogP contribution in [0.1, 0.15) is 12.5 Å². The van der Waals surface area contributed by atoms with Gasteiger partial charge in [0, 0.05) is 37.3 Å². The van der Waals surface area contributed by atoms with Crippen LogP contribution in [0.4, 0.5) is 21.2 Å². The first kappa shape index (κ1) is 29.7. The van der Waals surface area contributed by atoms with Gasteiger partial charge in [0.1, 0.15) is 18.8 Å². The molecule has 1 fully saturated rings. The molecule has 2 aromatic heterocycles. The predicted molar refractivity (Wildman–Crippen MR) is 181 cm³/mol. The standard InChI is InChI=1S/C36H34N8O3/c1-25(39-34-37-19-18-33(41-34)44-24-38-30-15-7-8-17-31(30)44)32-22-42(20-21-43(32)36(46)47-23-26-10-3-2-4-11-26)35(45)40-29-16-9-13-27-12-5-6-14-28(27)29/h2-19,24-25,32H,20-23H2,1H3,(H,40,45)(H,37,39,41)/t25?,32-/m0/s1. The number of aromatic nitrogens is 4. The Morgan fingerprint density at radius 3 is 2.57 bits per heavy atom. The van der Waals surface area contributed by atoms with Crippen LogP contribution < -0.4 is 10.6 Å². The van der Waals surface area contributed by atoms with Crippen molar-refractivity contribution in [1.29, 1.82) is 0 Å². The van der Waals surface area contributed by atoms with Crippen molar-refractivity contribution in [3.63, 3.8) is 0 Å². The average Bonchev–Trinajstić information content (AvgIpc) is 3.55. The summed E-state index contributed by atoms with van der Waals surface area (Å²) in [5, 5.41) is 8.48. The van der Waals surface area contributed by atoms with Crippen LogP contribution in [-0.4, -0.2) is 73.2 Å². The summed E-state index contributed by atoms with van der Waals surface area (Å²) >= 11 is 0. The van der Waals surface area contributed by atoms with Gasteiger partial charge in [-0.15, -0.1) is 0 Å². The van der Waals surface area contributed by atoms with E-state index in [1.807, 2.05) is 115 Å². The molecular formula is C36H34N8O3. The van der Waals surface area contributed by atoms with Crippen LogP contribution in [0.25, 0.3) is 27.6 Å². The maximum atomic E-state index is 13.6. The van der Waals surface area contributed by atoms with Crippen LogP contribution in [0, 0.1) is 0 Å². The van der Waals surface area contributed by atoms with E-state index < -0.39 is 12.1 Å². The summed E-state index contributed by atoms with van der Waals surface area (Å²) in [4.78, 5) is 44.3. The van der Waals surface area contributed by atoms with Gasteiger partial charge in [0.15, 0.2) is 0 Å². The second-order valence-electron chi connectivity index (χ2n) is 11.5. The SMILES string of the molecule is CC(Nc1nccc(-n2cnc3ccccc32)n1)[C@@H]1CN(C(=O)Nc2cccc3ccccc23)CCN1C(=O)OCc1ccccc1. The van der Waals surface area contributed by atoms with Crippen molar-refractivity contribution in [3.8, 4) is 5.82 Å². The zero-order chi connectivity index (χ0) is 32.2. The van der Waals surface area contributed by atoms with Crippen molar-refractivity contribution in [2.24, 2.45) is 0 Å². The van der Waals surface area contributed by atoms with E-state index >= 15 is 0 Å². The molecule has 47 heavy (non-hydrogen) atoms. The number of urea groups is 1. The first-order chi connectivity index (χ1) is 23.0. The van der Waals surface area contributed by atoms with Gasteiger partial charge in [-0.3, -0.25) is 9.47 Å². The quantitative estimate of drug-likeness (QED) is 0.213. The van der Waals surface area contributed by atoms with Crippen molar-refractivity contribution >= 4 is 45.6 Å². The number of rotatable bonds is 7. The Bertz CT molecular complexity index is 2030. The number of imidazole rings is 1. The Morgan fingerprint density at radius 1 is 0.894 bits per heavy atom. The number of piperazine rings is 1. The fraction of sp³-hybridized carbons (Fsp3) is 0.194. The average molecular weight is 627 g/mol. The van der Waals surface area contributed by atoms with Crippen molar-refractivity contribution in [2.75, 3.05) is 30.3 Å². The van der Waals surface area contributed by atoms with Gasteiger partial charge in [0.25, 0.3) is 0 Å². The first-order valence-corrected chi connectivity index (χ1v) is 15.6. The second-order valence-corrected chi connectivity index (χ2v) is 11.5. The lowest BCUT2D eigenvalue weighted by molar-refractivity contribution is 0.0484. The van der Waals surface area contributed by atoms with E-state index in [9.17, 15) is 9.59 Å². The maximum Gasteiger partial charge on any atom is 0.410 e. The highest BCUT2D eigenvalue weighted by molar-refractivity contribution is 6.01. The van der Waals surface area contributed by atoms with Crippen molar-refractivity contribution in [1.82, 2.24) is 29.3 Å². The minimum absolute atomic E-state index is 0.153. The molecule has 11 nitrogen and oxygen atoms in total. The normalized spacial score (nSPS) is 15.4. The molecule has 236 valence electrons. The molecule has 2 atom stereocenters. The number of benzene rings is 4. The van der Waals surface area contributed by atoms with Gasteiger partial charge in [-0.25, -0.2) is 19.6 Å². The van der Waals surface area contributed by atoms with Crippen LogP contribution in [0.5, 0.6) is 0 Å². The fourth-order valence-corrected chi connectivity index (χ4v) is 5.97. The highest BCUT2D eigenvalue weighted by atomic mass is 16.6. The van der Waals surface area contributed by atoms with Crippen LogP contribution >= 0.6 is 0 Å². The highest BCUT2D eigenvalue weighted by Crippen LogP contribution is 2.25. The van der Waals surface area contributed by atoms with Gasteiger partial charge >= 0.3 is 12.1 Å². The fourth-order valence-electron chi connectivity index (χ4n) is 5.97. The van der Waals surface area contributed by atoms with E-state index in [4.69, 9.17) is 9.72 Å². The third kappa shape index (κ3) is 6.41. The topological polar surface area (TPSA) is 118 Å². The number of amides is 3. The number of hydrogen-bond acceptors (Lipinski definition) is 7. The number of fused-ring (bicyclic) bond motifs is 2. The molecule has 0 spiro atoms. The van der Waals surface area contributed by atoms with Crippen molar-refractivity contribution < 1.29 is 14.3 Å². The summed E-state index contributed by atoms with van der Waals surface area (Å²) in [5.41, 5.74) is 3.42. The number of anilines is 2. The largest absolute Gasteiger partial charge is 0.445 e. The number of hydrogen-bond donors (Lipinski definition) is 2. The first-order valence-electron chi connectivity index (χ1n) is 15.6. The van der Waals surface area contributed by atoms with Gasteiger partial charge in [-0.05, 0) is 42.1 Å². The molecule has 1 aliphatic rings. The molecule has 1 aliphatic heterocycles. The number of carbonyl (C=O) groups excluding carboxylic acids is 2. The molecule has 7 rings (SSSR count). The molecule has 3 amide bonds. The van der Waals surface area contributed by atoms with E-state index in [1.54, 1.807) is 22.3 Å². The molecule has 0 bridgehead atoms. The lowest BCUT2D eigenvalue weighted by Crippen LogP contribution is -2.61. The molecule has 3 heterocycles. The van der Waals surface area contributed by atoms with Gasteiger partial charge in [-0.2, -0.15) is 4.98 Å². The van der Waals surface area contributed by atoms with Gasteiger partial charge in [0.05, 0.1) is 22.8 Å². The molecular weight excluding hydrogens is 592 g/mol. The third-order valence-corrected chi connectivity index (χ3v) is 8.45. The predicted octanol–water partition coefficient (Wildman–Crippen LogP) is 6.32. The molecule has 1 saturated heterocycles. The molecule has 2 N–H and O–H groups in total. The zero-order valence-corrected chi connectivity index (χ0v) is 25.9. The molecule has 11 heteroatoms. The zero-order valence-electron chi connectivity index (χ0n) is 25.9. The number of ether oxygens (including phenoxy) is 1. The summed E-state index contributed by atoms with van der Waals surface area (Å²) in [6.45, 7) is 3.03. The maximum absolute atomic E-state index is 13.6. The number of nitrogens with one attached hydrogen (secondary N) is 2. The van der Waals surface area contributed by atoms with Crippen LogP contribution in [0.2, 0.25) is 0 Å². The van der Waals surface area contributed by atoms with Crippen molar-refractivity contribution in [3.05, 3.63) is 121 Å². The number of carbonyl (C=O) groups is 2. The highest BCUT2D eigenvalue weighted by Gasteiger charge is 2.37. The Balaban J connectivity index is 1.11. The van der Waals surface area contributed by atoms with Gasteiger partial charge in [-0.1, -0.05) is 78.9 Å². The monoisotopic (exact) mass is 626 g/mol. The van der Waals surface area contributed by atoms with Crippen molar-refractivity contribution in [2.45, 2.75) is 25.6 Å². The van der Waals surface area contributed by atoms with Gasteiger partial charge in [0.2, 0.25) is 5.95 Å². The molecule has 4 aromatic carbocycles. The number of para-hydroxylation sites is 2. The third-order valence-electron chi connectivity index (χ3n) is 8.45. The van der Waals surface area contributed by atoms with Gasteiger partial charge < -0.3 is 20.3 Å². The molecule has 0 saturated carbocycles. The van der Waals surface area contributed by atoms with E-state index in [-0.39, 0.29) is 25.2 Å². The molecule has 0 radical (unpaired) electrons. The van der Waals surface area contributed by atoms with Crippen LogP contribution in [-0.2, 0) is 11.3 Å². The lowest BCUT2D eigenvalue weighted by Gasteiger charge is -2.43. The molecule has 1 unspecified atom stereocenters. The van der Waals surface area contributed by atoms with Crippen LogP contribution in [0.15, 0.2) is 116 Å². The summed E-state index contributed by atoms with van der Waals surface area (Å²) in [5.74, 6) is 1.05. The van der Waals surface area contributed by atoms with E-state index in [0.717, 1.165) is 33.1 Å². The smallest absolute Gasteiger partial charge is 0.410 e. The van der Waals surface area contributed by atoms with Crippen LogP contribution in [0.3, 0.4) is 0 Å². The van der Waals surface area contributed by atoms with E-state index in [2.05, 4.69) is 20.6 Å². The Labute approximate surface area is 271 Å². The molecule has 6 aromatic rings. The number of nitrogens with zero attached hydrogens (tertiary/aromatic N) is 6. The van der Waals surface area contributed by atoms with E-state index in [0.29, 0.717) is 24.9 Å². The minimum atomic E-state index is -0.443. The Hall–Kier alpha value is -5.97. The lowest BCUT2D eigenvalue weighted by atomic mass is 10.1. The second kappa shape index (κ2) is 13.2. The minimum Gasteiger partial charge on any atom is -0.445 e. The Kier molecular flexibility index (Phi) is 8.33. The van der Waals surface area contributed by atoms with E-state index in [1.165, 1.54) is 0 Å². The summed E-state index contributed by atoms with van der Waals surface area (Å²) < 4.78 is 7.65. The summed E-state index contributed by atoms with van der Waals surface area (Å²) in [6, 6.07) is 32.0.